The van der Waals surface area contributed by atoms with Gasteiger partial charge in [-0.15, -0.1) is 0 Å². The van der Waals surface area contributed by atoms with Gasteiger partial charge in [-0.1, -0.05) is 39.3 Å². The molecule has 2 aliphatic carbocycles. The molecule has 2 rings (SSSR count). The maximum absolute atomic E-state index is 12.7. The first kappa shape index (κ1) is 16.3. The predicted octanol–water partition coefficient (Wildman–Crippen LogP) is 4.22. The number of Topliss-reactive ketones (excluding diaryl/α,β-unsaturated/α-hetero) is 1. The molecule has 0 amide bonds. The van der Waals surface area contributed by atoms with Gasteiger partial charge < -0.3 is 5.11 Å². The number of carboxylic acid groups (broad SMARTS) is 1. The SMILES string of the molecule is CC(C)[C@H]1CC=C2CC(=O)[C@@](C)(CCC(=O)O)CC[C@@]21C. The van der Waals surface area contributed by atoms with E-state index in [1.807, 2.05) is 6.92 Å². The van der Waals surface area contributed by atoms with Crippen molar-refractivity contribution in [2.45, 2.75) is 66.2 Å². The molecule has 0 unspecified atom stereocenters. The Labute approximate surface area is 127 Å². The number of carboxylic acids is 1. The van der Waals surface area contributed by atoms with Crippen LogP contribution in [0.5, 0.6) is 0 Å². The van der Waals surface area contributed by atoms with E-state index in [0.29, 0.717) is 24.7 Å². The zero-order chi connectivity index (χ0) is 15.8. The van der Waals surface area contributed by atoms with Crippen molar-refractivity contribution < 1.29 is 14.7 Å². The van der Waals surface area contributed by atoms with E-state index in [-0.39, 0.29) is 17.6 Å². The molecule has 0 saturated heterocycles. The Morgan fingerprint density at radius 1 is 1.38 bits per heavy atom. The molecule has 0 heterocycles. The summed E-state index contributed by atoms with van der Waals surface area (Å²) in [7, 11) is 0. The van der Waals surface area contributed by atoms with Crippen LogP contribution in [0.3, 0.4) is 0 Å². The molecule has 0 spiro atoms. The minimum atomic E-state index is -0.807. The number of aliphatic carboxylic acids is 1. The Bertz CT molecular complexity index is 477. The molecule has 0 bridgehead atoms. The van der Waals surface area contributed by atoms with Crippen molar-refractivity contribution >= 4 is 11.8 Å². The van der Waals surface area contributed by atoms with Crippen molar-refractivity contribution in [3.05, 3.63) is 11.6 Å². The Morgan fingerprint density at radius 3 is 2.62 bits per heavy atom. The fourth-order valence-electron chi connectivity index (χ4n) is 4.34. The number of rotatable bonds is 4. The second-order valence-electron chi connectivity index (χ2n) is 7.79. The van der Waals surface area contributed by atoms with E-state index in [2.05, 4.69) is 26.8 Å². The summed E-state index contributed by atoms with van der Waals surface area (Å²) < 4.78 is 0. The van der Waals surface area contributed by atoms with E-state index in [1.54, 1.807) is 0 Å². The highest BCUT2D eigenvalue weighted by Gasteiger charge is 2.48. The van der Waals surface area contributed by atoms with Crippen molar-refractivity contribution in [3.8, 4) is 0 Å². The van der Waals surface area contributed by atoms with E-state index in [1.165, 1.54) is 5.57 Å². The monoisotopic (exact) mass is 292 g/mol. The molecule has 1 saturated carbocycles. The minimum Gasteiger partial charge on any atom is -0.481 e. The van der Waals surface area contributed by atoms with Gasteiger partial charge in [0.05, 0.1) is 0 Å². The van der Waals surface area contributed by atoms with Gasteiger partial charge >= 0.3 is 5.97 Å². The lowest BCUT2D eigenvalue weighted by atomic mass is 9.67. The van der Waals surface area contributed by atoms with Crippen LogP contribution in [0.15, 0.2) is 11.6 Å². The van der Waals surface area contributed by atoms with Gasteiger partial charge in [0.15, 0.2) is 0 Å². The number of carbonyl (C=O) groups is 2. The summed E-state index contributed by atoms with van der Waals surface area (Å²) in [5.41, 5.74) is 0.976. The third-order valence-corrected chi connectivity index (χ3v) is 6.09. The lowest BCUT2D eigenvalue weighted by molar-refractivity contribution is -0.138. The van der Waals surface area contributed by atoms with Gasteiger partial charge in [-0.3, -0.25) is 9.59 Å². The first-order valence-corrected chi connectivity index (χ1v) is 8.14. The zero-order valence-electron chi connectivity index (χ0n) is 13.7. The van der Waals surface area contributed by atoms with Gasteiger partial charge in [0.2, 0.25) is 0 Å². The lowest BCUT2D eigenvalue weighted by Crippen LogP contribution is -2.29. The quantitative estimate of drug-likeness (QED) is 0.789. The van der Waals surface area contributed by atoms with Crippen LogP contribution >= 0.6 is 0 Å². The number of hydrogen-bond donors (Lipinski definition) is 1. The fraction of sp³-hybridized carbons (Fsp3) is 0.778. The molecule has 0 radical (unpaired) electrons. The van der Waals surface area contributed by atoms with Crippen LogP contribution in [0.1, 0.15) is 66.2 Å². The van der Waals surface area contributed by atoms with Crippen molar-refractivity contribution in [3.63, 3.8) is 0 Å². The third-order valence-electron chi connectivity index (χ3n) is 6.09. The van der Waals surface area contributed by atoms with Crippen LogP contribution in [0.4, 0.5) is 0 Å². The number of ketones is 1. The maximum Gasteiger partial charge on any atom is 0.303 e. The van der Waals surface area contributed by atoms with Crippen LogP contribution in [0.2, 0.25) is 0 Å². The van der Waals surface area contributed by atoms with Gasteiger partial charge in [-0.25, -0.2) is 0 Å². The molecule has 0 aliphatic heterocycles. The van der Waals surface area contributed by atoms with E-state index in [4.69, 9.17) is 5.11 Å². The number of carbonyl (C=O) groups excluding carboxylic acids is 1. The molecule has 21 heavy (non-hydrogen) atoms. The Hall–Kier alpha value is -1.12. The third kappa shape index (κ3) is 2.93. The van der Waals surface area contributed by atoms with Crippen molar-refractivity contribution in [1.29, 1.82) is 0 Å². The van der Waals surface area contributed by atoms with Crippen LogP contribution in [0.25, 0.3) is 0 Å². The first-order valence-electron chi connectivity index (χ1n) is 8.14. The molecular formula is C18H28O3. The largest absolute Gasteiger partial charge is 0.481 e. The van der Waals surface area contributed by atoms with Crippen molar-refractivity contribution in [1.82, 2.24) is 0 Å². The molecular weight excluding hydrogens is 264 g/mol. The highest BCUT2D eigenvalue weighted by Crippen LogP contribution is 2.55. The molecule has 2 aliphatic rings. The molecule has 0 aromatic heterocycles. The normalized spacial score (nSPS) is 36.3. The first-order chi connectivity index (χ1) is 9.69. The number of allylic oxidation sites excluding steroid dienone is 2. The summed E-state index contributed by atoms with van der Waals surface area (Å²) in [6, 6.07) is 0. The van der Waals surface area contributed by atoms with E-state index in [0.717, 1.165) is 19.3 Å². The smallest absolute Gasteiger partial charge is 0.303 e. The van der Waals surface area contributed by atoms with Gasteiger partial charge in [-0.2, -0.15) is 0 Å². The maximum atomic E-state index is 12.7. The van der Waals surface area contributed by atoms with Crippen LogP contribution in [-0.4, -0.2) is 16.9 Å². The molecule has 1 N–H and O–H groups in total. The summed E-state index contributed by atoms with van der Waals surface area (Å²) in [6.45, 7) is 8.81. The average Bonchev–Trinajstić information content (AvgIpc) is 2.67. The van der Waals surface area contributed by atoms with Crippen LogP contribution < -0.4 is 0 Å². The molecule has 3 atom stereocenters. The van der Waals surface area contributed by atoms with Crippen LogP contribution in [0, 0.1) is 22.7 Å². The molecule has 3 nitrogen and oxygen atoms in total. The summed E-state index contributed by atoms with van der Waals surface area (Å²) in [6.07, 6.45) is 6.27. The Morgan fingerprint density at radius 2 is 2.05 bits per heavy atom. The zero-order valence-corrected chi connectivity index (χ0v) is 13.7. The summed E-state index contributed by atoms with van der Waals surface area (Å²) in [5.74, 6) is 0.659. The Kier molecular flexibility index (Phi) is 4.32. The highest BCUT2D eigenvalue weighted by atomic mass is 16.4. The minimum absolute atomic E-state index is 0.0889. The van der Waals surface area contributed by atoms with E-state index >= 15 is 0 Å². The predicted molar refractivity (Wildman–Crippen MR) is 83.0 cm³/mol. The molecule has 1 fully saturated rings. The molecule has 118 valence electrons. The molecule has 0 aromatic rings. The van der Waals surface area contributed by atoms with Crippen LogP contribution in [-0.2, 0) is 9.59 Å². The van der Waals surface area contributed by atoms with Gasteiger partial charge in [0.1, 0.15) is 5.78 Å². The van der Waals surface area contributed by atoms with Gasteiger partial charge in [0.25, 0.3) is 0 Å². The standard InChI is InChI=1S/C18H28O3/c1-12(2)14-6-5-13-11-15(19)17(3,8-7-16(20)21)9-10-18(13,14)4/h5,12,14H,6-11H2,1-4H3,(H,20,21)/t14-,17+,18+/m1/s1. The Balaban J connectivity index is 2.21. The lowest BCUT2D eigenvalue weighted by Gasteiger charge is -2.37. The fourth-order valence-corrected chi connectivity index (χ4v) is 4.34. The topological polar surface area (TPSA) is 54.4 Å². The summed E-state index contributed by atoms with van der Waals surface area (Å²) >= 11 is 0. The summed E-state index contributed by atoms with van der Waals surface area (Å²) in [5, 5.41) is 8.92. The van der Waals surface area contributed by atoms with E-state index < -0.39 is 11.4 Å². The molecule has 3 heteroatoms. The van der Waals surface area contributed by atoms with E-state index in [9.17, 15) is 9.59 Å². The highest BCUT2D eigenvalue weighted by molar-refractivity contribution is 5.87. The summed E-state index contributed by atoms with van der Waals surface area (Å²) in [4.78, 5) is 23.5. The van der Waals surface area contributed by atoms with Gasteiger partial charge in [0, 0.05) is 18.3 Å². The second kappa shape index (κ2) is 5.58. The second-order valence-corrected chi connectivity index (χ2v) is 7.79. The molecule has 0 aromatic carbocycles. The average molecular weight is 292 g/mol. The number of hydrogen-bond acceptors (Lipinski definition) is 2. The van der Waals surface area contributed by atoms with Gasteiger partial charge in [-0.05, 0) is 42.9 Å². The number of fused-ring (bicyclic) bond motifs is 1. The van der Waals surface area contributed by atoms with Crippen molar-refractivity contribution in [2.24, 2.45) is 22.7 Å². The van der Waals surface area contributed by atoms with Crippen molar-refractivity contribution in [2.75, 3.05) is 0 Å².